The van der Waals surface area contributed by atoms with Crippen molar-refractivity contribution in [3.63, 3.8) is 0 Å². The van der Waals surface area contributed by atoms with Crippen LogP contribution in [0.4, 0.5) is 10.2 Å². The summed E-state index contributed by atoms with van der Waals surface area (Å²) in [6.07, 6.45) is 1.95. The van der Waals surface area contributed by atoms with E-state index in [0.29, 0.717) is 29.5 Å². The molecule has 0 aliphatic heterocycles. The van der Waals surface area contributed by atoms with Crippen LogP contribution in [0.1, 0.15) is 23.4 Å². The van der Waals surface area contributed by atoms with Gasteiger partial charge in [-0.1, -0.05) is 29.8 Å². The average molecular weight is 376 g/mol. The van der Waals surface area contributed by atoms with Crippen molar-refractivity contribution in [3.05, 3.63) is 64.3 Å². The number of nitrogens with one attached hydrogen (secondary N) is 1. The number of halogens is 2. The van der Waals surface area contributed by atoms with Crippen molar-refractivity contribution < 1.29 is 9.18 Å². The lowest BCUT2D eigenvalue weighted by Crippen LogP contribution is -2.16. The minimum absolute atomic E-state index is 0.176. The third-order valence-electron chi connectivity index (χ3n) is 4.04. The fourth-order valence-corrected chi connectivity index (χ4v) is 2.76. The van der Waals surface area contributed by atoms with Gasteiger partial charge in [0.2, 0.25) is 5.91 Å². The summed E-state index contributed by atoms with van der Waals surface area (Å²) in [6, 6.07) is 8.21. The first-order valence-corrected chi connectivity index (χ1v) is 8.58. The Bertz CT molecular complexity index is 934. The molecule has 0 bridgehead atoms. The zero-order valence-electron chi connectivity index (χ0n) is 14.5. The van der Waals surface area contributed by atoms with Crippen LogP contribution in [-0.2, 0) is 17.9 Å². The molecule has 1 amide bonds. The number of hydrogen-bond acceptors (Lipinski definition) is 3. The van der Waals surface area contributed by atoms with E-state index in [1.807, 2.05) is 13.8 Å². The molecule has 1 N–H and O–H groups in total. The quantitative estimate of drug-likeness (QED) is 0.716. The summed E-state index contributed by atoms with van der Waals surface area (Å²) >= 11 is 6.10. The van der Waals surface area contributed by atoms with Crippen molar-refractivity contribution in [1.29, 1.82) is 0 Å². The molecule has 2 aromatic heterocycles. The van der Waals surface area contributed by atoms with Crippen LogP contribution in [0.25, 0.3) is 0 Å². The largest absolute Gasteiger partial charge is 0.309 e. The predicted octanol–water partition coefficient (Wildman–Crippen LogP) is 3.57. The van der Waals surface area contributed by atoms with E-state index in [9.17, 15) is 9.18 Å². The highest BCUT2D eigenvalue weighted by atomic mass is 35.5. The van der Waals surface area contributed by atoms with Gasteiger partial charge in [-0.05, 0) is 19.9 Å². The van der Waals surface area contributed by atoms with Crippen LogP contribution in [0.15, 0.2) is 36.5 Å². The Morgan fingerprint density at radius 3 is 2.69 bits per heavy atom. The van der Waals surface area contributed by atoms with Crippen molar-refractivity contribution in [2.24, 2.45) is 0 Å². The molecule has 0 spiro atoms. The van der Waals surface area contributed by atoms with E-state index in [4.69, 9.17) is 11.6 Å². The van der Waals surface area contributed by atoms with Crippen molar-refractivity contribution in [2.45, 2.75) is 33.4 Å². The number of hydrogen-bond donors (Lipinski definition) is 1. The Hall–Kier alpha value is -2.67. The van der Waals surface area contributed by atoms with Gasteiger partial charge >= 0.3 is 0 Å². The SMILES string of the molecule is Cc1nn(CCC(=O)Nc2ccn(Cc3ccccc3F)n2)c(C)c1Cl. The predicted molar refractivity (Wildman–Crippen MR) is 97.7 cm³/mol. The third-order valence-corrected chi connectivity index (χ3v) is 4.59. The monoisotopic (exact) mass is 375 g/mol. The molecular formula is C18H19ClFN5O. The molecular weight excluding hydrogens is 357 g/mol. The van der Waals surface area contributed by atoms with Gasteiger partial charge in [-0.3, -0.25) is 14.2 Å². The number of amides is 1. The van der Waals surface area contributed by atoms with Crippen molar-refractivity contribution in [1.82, 2.24) is 19.6 Å². The first kappa shape index (κ1) is 18.1. The number of anilines is 1. The molecule has 0 aliphatic carbocycles. The summed E-state index contributed by atoms with van der Waals surface area (Å²) in [5, 5.41) is 11.9. The summed E-state index contributed by atoms with van der Waals surface area (Å²) in [5.74, 6) is -0.0281. The molecule has 0 unspecified atom stereocenters. The number of nitrogens with zero attached hydrogens (tertiary/aromatic N) is 4. The molecule has 26 heavy (non-hydrogen) atoms. The van der Waals surface area contributed by atoms with E-state index in [0.717, 1.165) is 11.4 Å². The highest BCUT2D eigenvalue weighted by Gasteiger charge is 2.11. The molecule has 0 atom stereocenters. The maximum absolute atomic E-state index is 13.7. The Morgan fingerprint density at radius 1 is 1.23 bits per heavy atom. The van der Waals surface area contributed by atoms with Gasteiger partial charge in [-0.2, -0.15) is 10.2 Å². The molecule has 0 radical (unpaired) electrons. The van der Waals surface area contributed by atoms with Crippen LogP contribution < -0.4 is 5.32 Å². The highest BCUT2D eigenvalue weighted by Crippen LogP contribution is 2.19. The number of carbonyl (C=O) groups excluding carboxylic acids is 1. The molecule has 8 heteroatoms. The molecule has 3 rings (SSSR count). The summed E-state index contributed by atoms with van der Waals surface area (Å²) < 4.78 is 17.0. The summed E-state index contributed by atoms with van der Waals surface area (Å²) in [5.41, 5.74) is 2.12. The lowest BCUT2D eigenvalue weighted by molar-refractivity contribution is -0.116. The Kier molecular flexibility index (Phi) is 5.37. The maximum Gasteiger partial charge on any atom is 0.227 e. The molecule has 2 heterocycles. The van der Waals surface area contributed by atoms with Crippen LogP contribution in [0.2, 0.25) is 5.02 Å². The minimum atomic E-state index is -0.280. The van der Waals surface area contributed by atoms with Crippen LogP contribution in [0.5, 0.6) is 0 Å². The van der Waals surface area contributed by atoms with Gasteiger partial charge < -0.3 is 5.32 Å². The number of benzene rings is 1. The Morgan fingerprint density at radius 2 is 2.00 bits per heavy atom. The van der Waals surface area contributed by atoms with Gasteiger partial charge in [-0.15, -0.1) is 0 Å². The number of carbonyl (C=O) groups is 1. The second-order valence-corrected chi connectivity index (χ2v) is 6.37. The zero-order valence-corrected chi connectivity index (χ0v) is 15.3. The van der Waals surface area contributed by atoms with E-state index in [1.54, 1.807) is 39.8 Å². The molecule has 0 aliphatic rings. The topological polar surface area (TPSA) is 64.7 Å². The Labute approximate surface area is 155 Å². The van der Waals surface area contributed by atoms with E-state index in [-0.39, 0.29) is 18.1 Å². The fraction of sp³-hybridized carbons (Fsp3) is 0.278. The van der Waals surface area contributed by atoms with Crippen molar-refractivity contribution >= 4 is 23.3 Å². The van der Waals surface area contributed by atoms with Crippen LogP contribution in [0, 0.1) is 19.7 Å². The van der Waals surface area contributed by atoms with Gasteiger partial charge in [0.05, 0.1) is 29.5 Å². The molecule has 0 saturated heterocycles. The van der Waals surface area contributed by atoms with Crippen molar-refractivity contribution in [3.8, 4) is 0 Å². The molecule has 0 saturated carbocycles. The van der Waals surface area contributed by atoms with Gasteiger partial charge in [0.15, 0.2) is 5.82 Å². The van der Waals surface area contributed by atoms with Gasteiger partial charge in [0.1, 0.15) is 5.82 Å². The van der Waals surface area contributed by atoms with E-state index in [1.165, 1.54) is 6.07 Å². The lowest BCUT2D eigenvalue weighted by atomic mass is 10.2. The standard InChI is InChI=1S/C18H19ClFN5O/c1-12-18(19)13(2)25(22-12)10-8-17(26)21-16-7-9-24(23-16)11-14-5-3-4-6-15(14)20/h3-7,9H,8,10-11H2,1-2H3,(H,21,23,26). The average Bonchev–Trinajstić information content (AvgIpc) is 3.15. The van der Waals surface area contributed by atoms with Crippen LogP contribution in [0.3, 0.4) is 0 Å². The van der Waals surface area contributed by atoms with Crippen LogP contribution >= 0.6 is 11.6 Å². The molecule has 0 fully saturated rings. The molecule has 3 aromatic rings. The van der Waals surface area contributed by atoms with Crippen molar-refractivity contribution in [2.75, 3.05) is 5.32 Å². The second-order valence-electron chi connectivity index (χ2n) is 6.00. The molecule has 6 nitrogen and oxygen atoms in total. The first-order chi connectivity index (χ1) is 12.4. The van der Waals surface area contributed by atoms with Gasteiger partial charge in [-0.25, -0.2) is 4.39 Å². The fourth-order valence-electron chi connectivity index (χ4n) is 2.62. The molecule has 136 valence electrons. The summed E-state index contributed by atoms with van der Waals surface area (Å²) in [4.78, 5) is 12.1. The minimum Gasteiger partial charge on any atom is -0.309 e. The first-order valence-electron chi connectivity index (χ1n) is 8.20. The Balaban J connectivity index is 1.56. The number of aryl methyl sites for hydroxylation is 2. The maximum atomic E-state index is 13.7. The van der Waals surface area contributed by atoms with Crippen LogP contribution in [-0.4, -0.2) is 25.5 Å². The van der Waals surface area contributed by atoms with E-state index < -0.39 is 0 Å². The molecule has 1 aromatic carbocycles. The van der Waals surface area contributed by atoms with E-state index >= 15 is 0 Å². The summed E-state index contributed by atoms with van der Waals surface area (Å²) in [7, 11) is 0. The number of rotatable bonds is 6. The van der Waals surface area contributed by atoms with Gasteiger partial charge in [0.25, 0.3) is 0 Å². The zero-order chi connectivity index (χ0) is 18.7. The second kappa shape index (κ2) is 7.70. The summed E-state index contributed by atoms with van der Waals surface area (Å²) in [6.45, 7) is 4.42. The third kappa shape index (κ3) is 4.11. The highest BCUT2D eigenvalue weighted by molar-refractivity contribution is 6.31. The lowest BCUT2D eigenvalue weighted by Gasteiger charge is -2.05. The van der Waals surface area contributed by atoms with E-state index in [2.05, 4.69) is 15.5 Å². The number of aromatic nitrogens is 4. The smallest absolute Gasteiger partial charge is 0.227 e. The normalized spacial score (nSPS) is 10.9. The van der Waals surface area contributed by atoms with Gasteiger partial charge in [0, 0.05) is 24.2 Å².